The topological polar surface area (TPSA) is 44.4 Å². The molecule has 1 aliphatic carbocycles. The smallest absolute Gasteiger partial charge is 0.234 e. The molecule has 1 fully saturated rings. The number of hydrogen-bond acceptors (Lipinski definition) is 3. The number of carbonyl (C=O) groups is 1. The van der Waals surface area contributed by atoms with Crippen molar-refractivity contribution in [2.24, 2.45) is 0 Å². The summed E-state index contributed by atoms with van der Waals surface area (Å²) in [6.45, 7) is 2.31. The van der Waals surface area contributed by atoms with E-state index in [-0.39, 0.29) is 5.91 Å². The van der Waals surface area contributed by atoms with E-state index in [1.165, 1.54) is 16.8 Å². The van der Waals surface area contributed by atoms with Gasteiger partial charge in [-0.05, 0) is 37.4 Å². The van der Waals surface area contributed by atoms with E-state index in [4.69, 9.17) is 0 Å². The lowest BCUT2D eigenvalue weighted by atomic mass is 10.1. The first-order valence-electron chi connectivity index (χ1n) is 7.05. The molecular weight excluding hydrogens is 238 g/mol. The van der Waals surface area contributed by atoms with E-state index in [0.717, 1.165) is 32.4 Å². The van der Waals surface area contributed by atoms with Crippen LogP contribution in [0.1, 0.15) is 24.0 Å². The van der Waals surface area contributed by atoms with Crippen LogP contribution in [0, 0.1) is 0 Å². The van der Waals surface area contributed by atoms with Gasteiger partial charge in [0.25, 0.3) is 0 Å². The molecule has 0 radical (unpaired) electrons. The monoisotopic (exact) mass is 259 g/mol. The highest BCUT2D eigenvalue weighted by Crippen LogP contribution is 2.27. The van der Waals surface area contributed by atoms with Gasteiger partial charge in [-0.3, -0.25) is 9.69 Å². The van der Waals surface area contributed by atoms with E-state index in [9.17, 15) is 4.79 Å². The lowest BCUT2D eigenvalue weighted by molar-refractivity contribution is -0.122. The molecule has 0 bridgehead atoms. The molecule has 1 aromatic carbocycles. The van der Waals surface area contributed by atoms with Gasteiger partial charge in [-0.1, -0.05) is 18.2 Å². The fourth-order valence-electron chi connectivity index (χ4n) is 2.64. The second kappa shape index (κ2) is 5.21. The van der Waals surface area contributed by atoms with Gasteiger partial charge in [0.2, 0.25) is 5.91 Å². The molecule has 19 heavy (non-hydrogen) atoms. The predicted octanol–water partition coefficient (Wildman–Crippen LogP) is 1.36. The van der Waals surface area contributed by atoms with Crippen LogP contribution in [-0.4, -0.2) is 37.0 Å². The first-order chi connectivity index (χ1) is 9.22. The normalized spacial score (nSPS) is 17.2. The van der Waals surface area contributed by atoms with Crippen LogP contribution in [-0.2, 0) is 17.8 Å². The number of anilines is 1. The van der Waals surface area contributed by atoms with Crippen LogP contribution in [0.5, 0.6) is 0 Å². The average molecular weight is 259 g/mol. The molecule has 0 atom stereocenters. The number of para-hydroxylation sites is 1. The van der Waals surface area contributed by atoms with Crippen LogP contribution < -0.4 is 10.6 Å². The molecular formula is C15H21N3O. The van der Waals surface area contributed by atoms with E-state index in [0.29, 0.717) is 12.6 Å². The summed E-state index contributed by atoms with van der Waals surface area (Å²) >= 11 is 0. The molecule has 4 nitrogen and oxygen atoms in total. The number of nitrogens with one attached hydrogen (secondary N) is 2. The van der Waals surface area contributed by atoms with Crippen molar-refractivity contribution < 1.29 is 4.79 Å². The second-order valence-electron chi connectivity index (χ2n) is 5.64. The maximum Gasteiger partial charge on any atom is 0.234 e. The standard InChI is InChI=1S/C15H21N3O/c1-18(10-14(19)17-13-5-6-13)9-12-4-2-3-11-7-8-16-15(11)12/h2-4,13,16H,5-10H2,1H3,(H,17,19). The van der Waals surface area contributed by atoms with E-state index in [2.05, 4.69) is 33.7 Å². The van der Waals surface area contributed by atoms with Crippen molar-refractivity contribution in [2.45, 2.75) is 31.8 Å². The Bertz CT molecular complexity index is 482. The van der Waals surface area contributed by atoms with Crippen LogP contribution in [0.2, 0.25) is 0 Å². The Kier molecular flexibility index (Phi) is 3.42. The quantitative estimate of drug-likeness (QED) is 0.839. The molecule has 2 N–H and O–H groups in total. The summed E-state index contributed by atoms with van der Waals surface area (Å²) in [6.07, 6.45) is 3.40. The minimum Gasteiger partial charge on any atom is -0.384 e. The molecule has 1 aliphatic heterocycles. The van der Waals surface area contributed by atoms with E-state index in [1.807, 2.05) is 7.05 Å². The van der Waals surface area contributed by atoms with Crippen molar-refractivity contribution in [1.29, 1.82) is 0 Å². The molecule has 4 heteroatoms. The zero-order valence-corrected chi connectivity index (χ0v) is 11.4. The Hall–Kier alpha value is -1.55. The van der Waals surface area contributed by atoms with Crippen molar-refractivity contribution in [3.8, 4) is 0 Å². The molecule has 2 aliphatic rings. The summed E-state index contributed by atoms with van der Waals surface area (Å²) in [5.41, 5.74) is 3.96. The second-order valence-corrected chi connectivity index (χ2v) is 5.64. The van der Waals surface area contributed by atoms with Crippen LogP contribution in [0.3, 0.4) is 0 Å². The summed E-state index contributed by atoms with van der Waals surface area (Å²) in [5, 5.41) is 6.47. The third-order valence-corrected chi connectivity index (χ3v) is 3.73. The summed E-state index contributed by atoms with van der Waals surface area (Å²) in [6, 6.07) is 6.88. The summed E-state index contributed by atoms with van der Waals surface area (Å²) in [4.78, 5) is 13.8. The minimum absolute atomic E-state index is 0.144. The molecule has 0 spiro atoms. The molecule has 0 unspecified atom stereocenters. The lowest BCUT2D eigenvalue weighted by Crippen LogP contribution is -2.36. The zero-order valence-electron chi connectivity index (χ0n) is 11.4. The number of fused-ring (bicyclic) bond motifs is 1. The molecule has 3 rings (SSSR count). The van der Waals surface area contributed by atoms with Crippen molar-refractivity contribution in [1.82, 2.24) is 10.2 Å². The number of rotatable bonds is 5. The molecule has 1 amide bonds. The Morgan fingerprint density at radius 1 is 1.47 bits per heavy atom. The summed E-state index contributed by atoms with van der Waals surface area (Å²) < 4.78 is 0. The molecule has 0 aromatic heterocycles. The van der Waals surface area contributed by atoms with Crippen molar-refractivity contribution >= 4 is 11.6 Å². The zero-order chi connectivity index (χ0) is 13.2. The van der Waals surface area contributed by atoms with Gasteiger partial charge >= 0.3 is 0 Å². The Morgan fingerprint density at radius 3 is 3.11 bits per heavy atom. The van der Waals surface area contributed by atoms with Crippen LogP contribution >= 0.6 is 0 Å². The highest BCUT2D eigenvalue weighted by Gasteiger charge is 2.23. The maximum absolute atomic E-state index is 11.8. The van der Waals surface area contributed by atoms with E-state index in [1.54, 1.807) is 0 Å². The van der Waals surface area contributed by atoms with Gasteiger partial charge in [-0.2, -0.15) is 0 Å². The highest BCUT2D eigenvalue weighted by molar-refractivity contribution is 5.78. The maximum atomic E-state index is 11.8. The third-order valence-electron chi connectivity index (χ3n) is 3.73. The van der Waals surface area contributed by atoms with Gasteiger partial charge in [0.05, 0.1) is 6.54 Å². The molecule has 1 aromatic rings. The van der Waals surface area contributed by atoms with E-state index < -0.39 is 0 Å². The van der Waals surface area contributed by atoms with Gasteiger partial charge < -0.3 is 10.6 Å². The van der Waals surface area contributed by atoms with Crippen molar-refractivity contribution in [3.05, 3.63) is 29.3 Å². The number of likely N-dealkylation sites (N-methyl/N-ethyl adjacent to an activating group) is 1. The number of amides is 1. The highest BCUT2D eigenvalue weighted by atomic mass is 16.2. The van der Waals surface area contributed by atoms with Gasteiger partial charge in [0.1, 0.15) is 0 Å². The first kappa shape index (κ1) is 12.5. The largest absolute Gasteiger partial charge is 0.384 e. The van der Waals surface area contributed by atoms with Crippen LogP contribution in [0.15, 0.2) is 18.2 Å². The summed E-state index contributed by atoms with van der Waals surface area (Å²) in [5.74, 6) is 0.144. The molecule has 1 heterocycles. The molecule has 1 saturated carbocycles. The Morgan fingerprint density at radius 2 is 2.32 bits per heavy atom. The van der Waals surface area contributed by atoms with Gasteiger partial charge in [0.15, 0.2) is 0 Å². The Balaban J connectivity index is 1.58. The van der Waals surface area contributed by atoms with Crippen LogP contribution in [0.4, 0.5) is 5.69 Å². The number of benzene rings is 1. The molecule has 0 saturated heterocycles. The molecule has 102 valence electrons. The average Bonchev–Trinajstić information content (AvgIpc) is 3.04. The lowest BCUT2D eigenvalue weighted by Gasteiger charge is -2.18. The number of nitrogens with zero attached hydrogens (tertiary/aromatic N) is 1. The SMILES string of the molecule is CN(CC(=O)NC1CC1)Cc1cccc2c1NCC2. The number of carbonyl (C=O) groups excluding carboxylic acids is 1. The third kappa shape index (κ3) is 3.07. The summed E-state index contributed by atoms with van der Waals surface area (Å²) in [7, 11) is 2.00. The minimum atomic E-state index is 0.144. The first-order valence-corrected chi connectivity index (χ1v) is 7.05. The van der Waals surface area contributed by atoms with Crippen molar-refractivity contribution in [2.75, 3.05) is 25.5 Å². The van der Waals surface area contributed by atoms with Gasteiger partial charge in [-0.15, -0.1) is 0 Å². The van der Waals surface area contributed by atoms with Crippen LogP contribution in [0.25, 0.3) is 0 Å². The van der Waals surface area contributed by atoms with Gasteiger partial charge in [-0.25, -0.2) is 0 Å². The van der Waals surface area contributed by atoms with E-state index >= 15 is 0 Å². The van der Waals surface area contributed by atoms with Crippen molar-refractivity contribution in [3.63, 3.8) is 0 Å². The Labute approximate surface area is 114 Å². The predicted molar refractivity (Wildman–Crippen MR) is 76.1 cm³/mol. The fourth-order valence-corrected chi connectivity index (χ4v) is 2.64. The number of hydrogen-bond donors (Lipinski definition) is 2. The fraction of sp³-hybridized carbons (Fsp3) is 0.533. The van der Waals surface area contributed by atoms with Gasteiger partial charge in [0, 0.05) is 24.8 Å².